The summed E-state index contributed by atoms with van der Waals surface area (Å²) in [7, 11) is 0. The molecular weight excluding hydrogens is 360 g/mol. The Kier molecular flexibility index (Phi) is 4.72. The highest BCUT2D eigenvalue weighted by Gasteiger charge is 2.28. The number of carbonyl (C=O) groups excluding carboxylic acids is 1. The van der Waals surface area contributed by atoms with Crippen LogP contribution in [0.1, 0.15) is 27.6 Å². The molecular formula is C21H16N2O3S. The third kappa shape index (κ3) is 3.47. The average molecular weight is 376 g/mol. The van der Waals surface area contributed by atoms with Gasteiger partial charge in [-0.2, -0.15) is 0 Å². The van der Waals surface area contributed by atoms with Gasteiger partial charge < -0.3 is 15.0 Å². The smallest absolute Gasteiger partial charge is 0.347 e. The van der Waals surface area contributed by atoms with Crippen molar-refractivity contribution in [2.75, 3.05) is 5.73 Å². The van der Waals surface area contributed by atoms with E-state index in [1.807, 2.05) is 78.2 Å². The second kappa shape index (κ2) is 7.47. The van der Waals surface area contributed by atoms with Gasteiger partial charge in [-0.15, -0.1) is 11.3 Å². The van der Waals surface area contributed by atoms with Crippen molar-refractivity contribution in [1.29, 1.82) is 0 Å². The van der Waals surface area contributed by atoms with Gasteiger partial charge in [-0.1, -0.05) is 71.9 Å². The Morgan fingerprint density at radius 1 is 0.963 bits per heavy atom. The number of nitrogens with two attached hydrogens (primary N) is 1. The molecule has 0 atom stereocenters. The molecule has 4 rings (SSSR count). The fourth-order valence-electron chi connectivity index (χ4n) is 2.83. The van der Waals surface area contributed by atoms with E-state index in [-0.39, 0.29) is 11.4 Å². The predicted octanol–water partition coefficient (Wildman–Crippen LogP) is 4.93. The van der Waals surface area contributed by atoms with Gasteiger partial charge in [0.15, 0.2) is 11.7 Å². The maximum atomic E-state index is 13.0. The second-order valence-corrected chi connectivity index (χ2v) is 6.80. The number of esters is 1. The van der Waals surface area contributed by atoms with Crippen LogP contribution in [0, 0.1) is 0 Å². The minimum absolute atomic E-state index is 0.0525. The first-order valence-corrected chi connectivity index (χ1v) is 9.22. The Hall–Kier alpha value is -3.38. The van der Waals surface area contributed by atoms with Gasteiger partial charge in [0.25, 0.3) is 0 Å². The summed E-state index contributed by atoms with van der Waals surface area (Å²) < 4.78 is 10.9. The van der Waals surface area contributed by atoms with Gasteiger partial charge >= 0.3 is 5.97 Å². The van der Waals surface area contributed by atoms with E-state index in [4.69, 9.17) is 15.0 Å². The Morgan fingerprint density at radius 3 is 2.15 bits per heavy atom. The van der Waals surface area contributed by atoms with Crippen molar-refractivity contribution >= 4 is 23.2 Å². The molecule has 0 bridgehead atoms. The van der Waals surface area contributed by atoms with Crippen molar-refractivity contribution < 1.29 is 14.1 Å². The number of benzene rings is 2. The van der Waals surface area contributed by atoms with Gasteiger partial charge in [0.1, 0.15) is 5.69 Å². The number of carbonyl (C=O) groups is 1. The summed E-state index contributed by atoms with van der Waals surface area (Å²) in [4.78, 5) is 13.8. The van der Waals surface area contributed by atoms with E-state index in [2.05, 4.69) is 5.16 Å². The Labute approximate surface area is 160 Å². The van der Waals surface area contributed by atoms with Crippen LogP contribution in [0.3, 0.4) is 0 Å². The summed E-state index contributed by atoms with van der Waals surface area (Å²) in [6.45, 7) is 0. The lowest BCUT2D eigenvalue weighted by Crippen LogP contribution is -2.14. The normalized spacial score (nSPS) is 10.9. The quantitative estimate of drug-likeness (QED) is 0.500. The minimum atomic E-state index is -0.574. The summed E-state index contributed by atoms with van der Waals surface area (Å²) in [6, 6.07) is 22.9. The second-order valence-electron chi connectivity index (χ2n) is 5.85. The van der Waals surface area contributed by atoms with E-state index in [0.717, 1.165) is 16.0 Å². The molecule has 2 aromatic carbocycles. The number of rotatable bonds is 5. The lowest BCUT2D eigenvalue weighted by Gasteiger charge is -2.18. The maximum absolute atomic E-state index is 13.0. The molecule has 2 heterocycles. The summed E-state index contributed by atoms with van der Waals surface area (Å²) in [5.74, 6) is -0.627. The number of nitrogens with zero attached hydrogens (tertiary/aromatic N) is 1. The average Bonchev–Trinajstić information content (AvgIpc) is 3.37. The van der Waals surface area contributed by atoms with Crippen LogP contribution in [-0.2, 0) is 4.74 Å². The molecule has 0 saturated carbocycles. The van der Waals surface area contributed by atoms with Crippen molar-refractivity contribution in [1.82, 2.24) is 5.16 Å². The highest BCUT2D eigenvalue weighted by Crippen LogP contribution is 2.33. The topological polar surface area (TPSA) is 78.4 Å². The van der Waals surface area contributed by atoms with Gasteiger partial charge in [0.05, 0.1) is 4.88 Å². The Bertz CT molecular complexity index is 989. The zero-order chi connectivity index (χ0) is 18.6. The molecule has 0 aliphatic heterocycles. The SMILES string of the molecule is Nc1onc(-c2cccs2)c1C(=O)OC(c1ccccc1)c1ccccc1. The zero-order valence-electron chi connectivity index (χ0n) is 14.2. The van der Waals surface area contributed by atoms with Crippen molar-refractivity contribution in [3.8, 4) is 10.6 Å². The molecule has 27 heavy (non-hydrogen) atoms. The lowest BCUT2D eigenvalue weighted by atomic mass is 10.0. The van der Waals surface area contributed by atoms with Gasteiger partial charge in [0.2, 0.25) is 5.88 Å². The number of hydrogen-bond donors (Lipinski definition) is 1. The van der Waals surface area contributed by atoms with Gasteiger partial charge in [-0.05, 0) is 22.6 Å². The molecule has 2 N–H and O–H groups in total. The molecule has 0 aliphatic rings. The monoisotopic (exact) mass is 376 g/mol. The highest BCUT2D eigenvalue weighted by atomic mass is 32.1. The van der Waals surface area contributed by atoms with Crippen LogP contribution in [-0.4, -0.2) is 11.1 Å². The summed E-state index contributed by atoms with van der Waals surface area (Å²) in [6.07, 6.45) is -0.564. The van der Waals surface area contributed by atoms with Gasteiger partial charge in [-0.25, -0.2) is 4.79 Å². The molecule has 0 radical (unpaired) electrons. The summed E-state index contributed by atoms with van der Waals surface area (Å²) in [5, 5.41) is 5.84. The Morgan fingerprint density at radius 2 is 1.59 bits per heavy atom. The summed E-state index contributed by atoms with van der Waals surface area (Å²) in [5.41, 5.74) is 8.15. The number of aromatic nitrogens is 1. The van der Waals surface area contributed by atoms with E-state index >= 15 is 0 Å². The van der Waals surface area contributed by atoms with Crippen molar-refractivity contribution in [3.63, 3.8) is 0 Å². The maximum Gasteiger partial charge on any atom is 0.347 e. The lowest BCUT2D eigenvalue weighted by molar-refractivity contribution is 0.0380. The van der Waals surface area contributed by atoms with Crippen LogP contribution in [0.5, 0.6) is 0 Å². The molecule has 5 nitrogen and oxygen atoms in total. The van der Waals surface area contributed by atoms with Crippen LogP contribution in [0.4, 0.5) is 5.88 Å². The van der Waals surface area contributed by atoms with Crippen LogP contribution < -0.4 is 5.73 Å². The van der Waals surface area contributed by atoms with Gasteiger partial charge in [-0.3, -0.25) is 0 Å². The molecule has 134 valence electrons. The molecule has 0 saturated heterocycles. The molecule has 4 aromatic rings. The first-order valence-electron chi connectivity index (χ1n) is 8.34. The van der Waals surface area contributed by atoms with Crippen molar-refractivity contribution in [2.45, 2.75) is 6.10 Å². The van der Waals surface area contributed by atoms with Crippen LogP contribution >= 0.6 is 11.3 Å². The zero-order valence-corrected chi connectivity index (χ0v) is 15.1. The molecule has 2 aromatic heterocycles. The highest BCUT2D eigenvalue weighted by molar-refractivity contribution is 7.13. The molecule has 0 aliphatic carbocycles. The molecule has 0 amide bonds. The third-order valence-electron chi connectivity index (χ3n) is 4.11. The van der Waals surface area contributed by atoms with Crippen LogP contribution in [0.2, 0.25) is 0 Å². The number of hydrogen-bond acceptors (Lipinski definition) is 6. The van der Waals surface area contributed by atoms with E-state index in [1.165, 1.54) is 11.3 Å². The van der Waals surface area contributed by atoms with Crippen molar-refractivity contribution in [2.24, 2.45) is 0 Å². The fraction of sp³-hybridized carbons (Fsp3) is 0.0476. The van der Waals surface area contributed by atoms with Crippen LogP contribution in [0.25, 0.3) is 10.6 Å². The molecule has 0 fully saturated rings. The largest absolute Gasteiger partial charge is 0.449 e. The minimum Gasteiger partial charge on any atom is -0.449 e. The van der Waals surface area contributed by atoms with Crippen molar-refractivity contribution in [3.05, 3.63) is 94.9 Å². The van der Waals surface area contributed by atoms with Gasteiger partial charge in [0, 0.05) is 0 Å². The first-order chi connectivity index (χ1) is 13.2. The molecule has 0 spiro atoms. The fourth-order valence-corrected chi connectivity index (χ4v) is 3.54. The predicted molar refractivity (Wildman–Crippen MR) is 104 cm³/mol. The third-order valence-corrected chi connectivity index (χ3v) is 4.98. The number of nitrogen functional groups attached to an aromatic ring is 1. The molecule has 6 heteroatoms. The van der Waals surface area contributed by atoms with E-state index in [0.29, 0.717) is 5.69 Å². The number of thiophene rings is 1. The summed E-state index contributed by atoms with van der Waals surface area (Å²) >= 11 is 1.45. The van der Waals surface area contributed by atoms with E-state index in [1.54, 1.807) is 0 Å². The number of ether oxygens (including phenoxy) is 1. The van der Waals surface area contributed by atoms with E-state index in [9.17, 15) is 4.79 Å². The molecule has 0 unspecified atom stereocenters. The number of anilines is 1. The Balaban J connectivity index is 1.71. The van der Waals surface area contributed by atoms with Crippen LogP contribution in [0.15, 0.2) is 82.7 Å². The standard InChI is InChI=1S/C21H16N2O3S/c22-20-17(18(23-26-20)16-12-7-13-27-16)21(24)25-19(14-8-3-1-4-9-14)15-10-5-2-6-11-15/h1-13,19H,22H2. The first kappa shape index (κ1) is 17.1. The van der Waals surface area contributed by atoms with E-state index < -0.39 is 12.1 Å².